The predicted octanol–water partition coefficient (Wildman–Crippen LogP) is 2.27. The van der Waals surface area contributed by atoms with Gasteiger partial charge in [-0.1, -0.05) is 6.07 Å². The van der Waals surface area contributed by atoms with E-state index in [2.05, 4.69) is 0 Å². The number of nitrogen functional groups attached to an aromatic ring is 1. The van der Waals surface area contributed by atoms with Gasteiger partial charge in [0.25, 0.3) is 5.91 Å². The van der Waals surface area contributed by atoms with E-state index in [9.17, 15) is 4.79 Å². The van der Waals surface area contributed by atoms with Crippen LogP contribution >= 0.6 is 24.2 Å². The Labute approximate surface area is 112 Å². The highest BCUT2D eigenvalue weighted by molar-refractivity contribution is 7.99. The lowest BCUT2D eigenvalue weighted by molar-refractivity contribution is 0.0768. The maximum Gasteiger partial charge on any atom is 0.253 e. The molecule has 0 saturated carbocycles. The molecule has 0 spiro atoms. The van der Waals surface area contributed by atoms with Crippen LogP contribution in [0.3, 0.4) is 0 Å². The maximum absolute atomic E-state index is 12.2. The normalized spacial score (nSPS) is 15.9. The van der Waals surface area contributed by atoms with Gasteiger partial charge < -0.3 is 10.6 Å². The fraction of sp³-hybridized carbons (Fsp3) is 0.417. The van der Waals surface area contributed by atoms with Crippen LogP contribution in [0.1, 0.15) is 16.8 Å². The second kappa shape index (κ2) is 6.77. The molecule has 2 rings (SSSR count). The first-order chi connectivity index (χ1) is 7.77. The van der Waals surface area contributed by atoms with Gasteiger partial charge in [0.15, 0.2) is 0 Å². The number of benzene rings is 1. The molecule has 5 heteroatoms. The lowest BCUT2D eigenvalue weighted by Crippen LogP contribution is -2.32. The van der Waals surface area contributed by atoms with Crippen LogP contribution in [-0.2, 0) is 0 Å². The number of nitrogens with two attached hydrogens (primary N) is 1. The van der Waals surface area contributed by atoms with Crippen LogP contribution in [0.25, 0.3) is 0 Å². The minimum atomic E-state index is 0. The average Bonchev–Trinajstić information content (AvgIpc) is 2.56. The third-order valence-electron chi connectivity index (χ3n) is 2.64. The largest absolute Gasteiger partial charge is 0.399 e. The van der Waals surface area contributed by atoms with E-state index in [0.717, 1.165) is 31.0 Å². The molecule has 1 aromatic rings. The number of thioether (sulfide) groups is 1. The Bertz CT molecular complexity index is 379. The van der Waals surface area contributed by atoms with Gasteiger partial charge in [-0.15, -0.1) is 12.4 Å². The van der Waals surface area contributed by atoms with Gasteiger partial charge in [0.1, 0.15) is 0 Å². The third-order valence-corrected chi connectivity index (χ3v) is 3.69. The van der Waals surface area contributed by atoms with Gasteiger partial charge >= 0.3 is 0 Å². The lowest BCUT2D eigenvalue weighted by atomic mass is 10.1. The van der Waals surface area contributed by atoms with Gasteiger partial charge in [-0.3, -0.25) is 4.79 Å². The summed E-state index contributed by atoms with van der Waals surface area (Å²) in [6, 6.07) is 7.21. The molecule has 0 aromatic heterocycles. The van der Waals surface area contributed by atoms with E-state index in [1.807, 2.05) is 28.8 Å². The second-order valence-corrected chi connectivity index (χ2v) is 5.11. The summed E-state index contributed by atoms with van der Waals surface area (Å²) in [7, 11) is 0. The van der Waals surface area contributed by atoms with E-state index < -0.39 is 0 Å². The summed E-state index contributed by atoms with van der Waals surface area (Å²) in [6.07, 6.45) is 1.08. The van der Waals surface area contributed by atoms with Crippen molar-refractivity contribution < 1.29 is 4.79 Å². The van der Waals surface area contributed by atoms with Gasteiger partial charge in [-0.25, -0.2) is 0 Å². The molecule has 0 radical (unpaired) electrons. The second-order valence-electron chi connectivity index (χ2n) is 3.88. The number of halogens is 1. The summed E-state index contributed by atoms with van der Waals surface area (Å²) in [6.45, 7) is 1.71. The molecule has 1 heterocycles. The molecule has 1 fully saturated rings. The van der Waals surface area contributed by atoms with Gasteiger partial charge in [0.2, 0.25) is 0 Å². The van der Waals surface area contributed by atoms with Crippen molar-refractivity contribution in [3.8, 4) is 0 Å². The van der Waals surface area contributed by atoms with E-state index in [4.69, 9.17) is 5.73 Å². The number of carbonyl (C=O) groups is 1. The Hall–Kier alpha value is -0.870. The monoisotopic (exact) mass is 272 g/mol. The van der Waals surface area contributed by atoms with Crippen molar-refractivity contribution >= 4 is 35.8 Å². The smallest absolute Gasteiger partial charge is 0.253 e. The first kappa shape index (κ1) is 14.2. The fourth-order valence-corrected chi connectivity index (χ4v) is 2.69. The van der Waals surface area contributed by atoms with Crippen molar-refractivity contribution in [2.45, 2.75) is 6.42 Å². The molecule has 17 heavy (non-hydrogen) atoms. The zero-order chi connectivity index (χ0) is 11.4. The SMILES string of the molecule is Cl.Nc1cccc(C(=O)N2CCCSCC2)c1. The number of nitrogens with zero attached hydrogens (tertiary/aromatic N) is 1. The number of hydrogen-bond donors (Lipinski definition) is 1. The van der Waals surface area contributed by atoms with Crippen molar-refractivity contribution in [1.29, 1.82) is 0 Å². The fourth-order valence-electron chi connectivity index (χ4n) is 1.80. The molecule has 0 atom stereocenters. The molecule has 1 saturated heterocycles. The van der Waals surface area contributed by atoms with E-state index in [1.54, 1.807) is 12.1 Å². The predicted molar refractivity (Wildman–Crippen MR) is 75.9 cm³/mol. The zero-order valence-corrected chi connectivity index (χ0v) is 11.2. The number of hydrogen-bond acceptors (Lipinski definition) is 3. The molecule has 1 aromatic carbocycles. The highest BCUT2D eigenvalue weighted by atomic mass is 35.5. The average molecular weight is 273 g/mol. The van der Waals surface area contributed by atoms with Crippen molar-refractivity contribution in [3.05, 3.63) is 29.8 Å². The van der Waals surface area contributed by atoms with Crippen LogP contribution in [0.5, 0.6) is 0 Å². The summed E-state index contributed by atoms with van der Waals surface area (Å²) in [5.41, 5.74) is 7.03. The number of amides is 1. The highest BCUT2D eigenvalue weighted by Gasteiger charge is 2.17. The molecular weight excluding hydrogens is 256 g/mol. The Kier molecular flexibility index (Phi) is 5.65. The molecule has 1 aliphatic heterocycles. The molecule has 1 aliphatic rings. The van der Waals surface area contributed by atoms with Crippen LogP contribution in [-0.4, -0.2) is 35.4 Å². The summed E-state index contributed by atoms with van der Waals surface area (Å²) in [4.78, 5) is 14.1. The number of anilines is 1. The van der Waals surface area contributed by atoms with Gasteiger partial charge in [-0.2, -0.15) is 11.8 Å². The van der Waals surface area contributed by atoms with E-state index in [-0.39, 0.29) is 18.3 Å². The molecule has 0 aliphatic carbocycles. The number of carbonyl (C=O) groups excluding carboxylic acids is 1. The standard InChI is InChI=1S/C12H16N2OS.ClH/c13-11-4-1-3-10(9-11)12(15)14-5-2-7-16-8-6-14;/h1,3-4,9H,2,5-8,13H2;1H. The lowest BCUT2D eigenvalue weighted by Gasteiger charge is -2.20. The first-order valence-electron chi connectivity index (χ1n) is 5.50. The molecule has 94 valence electrons. The topological polar surface area (TPSA) is 46.3 Å². The van der Waals surface area contributed by atoms with Crippen molar-refractivity contribution in [3.63, 3.8) is 0 Å². The van der Waals surface area contributed by atoms with Crippen LogP contribution < -0.4 is 5.73 Å². The Morgan fingerprint density at radius 2 is 2.12 bits per heavy atom. The molecule has 1 amide bonds. The maximum atomic E-state index is 12.2. The summed E-state index contributed by atoms with van der Waals surface area (Å²) in [5.74, 6) is 2.30. The van der Waals surface area contributed by atoms with Crippen LogP contribution in [0, 0.1) is 0 Å². The molecule has 3 nitrogen and oxygen atoms in total. The Morgan fingerprint density at radius 1 is 1.29 bits per heavy atom. The highest BCUT2D eigenvalue weighted by Crippen LogP contribution is 2.14. The Balaban J connectivity index is 0.00000144. The van der Waals surface area contributed by atoms with Crippen molar-refractivity contribution in [1.82, 2.24) is 4.90 Å². The van der Waals surface area contributed by atoms with Gasteiger partial charge in [0, 0.05) is 30.1 Å². The van der Waals surface area contributed by atoms with E-state index in [0.29, 0.717) is 11.3 Å². The minimum Gasteiger partial charge on any atom is -0.399 e. The molecular formula is C12H17ClN2OS. The van der Waals surface area contributed by atoms with Gasteiger partial charge in [0.05, 0.1) is 0 Å². The van der Waals surface area contributed by atoms with Crippen molar-refractivity contribution in [2.75, 3.05) is 30.3 Å². The molecule has 2 N–H and O–H groups in total. The summed E-state index contributed by atoms with van der Waals surface area (Å²) in [5, 5.41) is 0. The van der Waals surface area contributed by atoms with Crippen LogP contribution in [0.2, 0.25) is 0 Å². The van der Waals surface area contributed by atoms with Crippen molar-refractivity contribution in [2.24, 2.45) is 0 Å². The first-order valence-corrected chi connectivity index (χ1v) is 6.65. The third kappa shape index (κ3) is 3.82. The van der Waals surface area contributed by atoms with E-state index in [1.165, 1.54) is 0 Å². The summed E-state index contributed by atoms with van der Waals surface area (Å²) < 4.78 is 0. The quantitative estimate of drug-likeness (QED) is 0.798. The summed E-state index contributed by atoms with van der Waals surface area (Å²) >= 11 is 1.92. The molecule has 0 bridgehead atoms. The minimum absolute atomic E-state index is 0. The van der Waals surface area contributed by atoms with Crippen LogP contribution in [0.15, 0.2) is 24.3 Å². The number of rotatable bonds is 1. The zero-order valence-electron chi connectivity index (χ0n) is 9.59. The van der Waals surface area contributed by atoms with Crippen LogP contribution in [0.4, 0.5) is 5.69 Å². The Morgan fingerprint density at radius 3 is 2.88 bits per heavy atom. The molecule has 0 unspecified atom stereocenters. The van der Waals surface area contributed by atoms with E-state index >= 15 is 0 Å². The van der Waals surface area contributed by atoms with Gasteiger partial charge in [-0.05, 0) is 30.4 Å².